The zero-order chi connectivity index (χ0) is 21.8. The first kappa shape index (κ1) is 21.2. The second-order valence-electron chi connectivity index (χ2n) is 6.62. The summed E-state index contributed by atoms with van der Waals surface area (Å²) in [6.45, 7) is 1.96. The molecule has 0 unspecified atom stereocenters. The topological polar surface area (TPSA) is 84.0 Å². The third-order valence-corrected chi connectivity index (χ3v) is 6.26. The summed E-state index contributed by atoms with van der Waals surface area (Å²) in [5.41, 5.74) is 2.89. The van der Waals surface area contributed by atoms with Crippen LogP contribution in [0.5, 0.6) is 0 Å². The van der Waals surface area contributed by atoms with E-state index < -0.39 is 0 Å². The van der Waals surface area contributed by atoms with Gasteiger partial charge in [-0.15, -0.1) is 22.7 Å². The third-order valence-electron chi connectivity index (χ3n) is 4.31. The molecule has 4 rings (SSSR count). The normalized spacial score (nSPS) is 10.6. The van der Waals surface area contributed by atoms with Crippen molar-refractivity contribution in [2.45, 2.75) is 13.3 Å². The Morgan fingerprint density at radius 2 is 1.71 bits per heavy atom. The molecule has 0 fully saturated rings. The van der Waals surface area contributed by atoms with Gasteiger partial charge in [-0.1, -0.05) is 41.9 Å². The first-order chi connectivity index (χ1) is 15.0. The van der Waals surface area contributed by atoms with E-state index in [1.165, 1.54) is 22.7 Å². The van der Waals surface area contributed by atoms with Crippen LogP contribution >= 0.6 is 34.3 Å². The fourth-order valence-corrected chi connectivity index (χ4v) is 4.54. The number of anilines is 2. The average molecular weight is 469 g/mol. The van der Waals surface area contributed by atoms with E-state index in [0.717, 1.165) is 16.1 Å². The Morgan fingerprint density at radius 3 is 2.45 bits per heavy atom. The largest absolute Gasteiger partial charge is 0.302 e. The number of amides is 2. The molecule has 2 aromatic heterocycles. The molecule has 2 N–H and O–H groups in total. The van der Waals surface area contributed by atoms with Gasteiger partial charge in [-0.2, -0.15) is 0 Å². The smallest absolute Gasteiger partial charge is 0.257 e. The van der Waals surface area contributed by atoms with Gasteiger partial charge in [-0.3, -0.25) is 14.9 Å². The Hall–Kier alpha value is -3.07. The van der Waals surface area contributed by atoms with Crippen molar-refractivity contribution in [3.05, 3.63) is 81.1 Å². The van der Waals surface area contributed by atoms with Gasteiger partial charge in [0.15, 0.2) is 10.3 Å². The number of nitrogens with one attached hydrogen (secondary N) is 2. The van der Waals surface area contributed by atoms with Crippen molar-refractivity contribution in [3.8, 4) is 11.3 Å². The highest BCUT2D eigenvalue weighted by Gasteiger charge is 2.14. The van der Waals surface area contributed by atoms with Crippen molar-refractivity contribution < 1.29 is 9.59 Å². The van der Waals surface area contributed by atoms with E-state index in [0.29, 0.717) is 26.5 Å². The lowest BCUT2D eigenvalue weighted by Crippen LogP contribution is -2.15. The summed E-state index contributed by atoms with van der Waals surface area (Å²) in [5, 5.41) is 8.97. The van der Waals surface area contributed by atoms with Gasteiger partial charge in [0.05, 0.1) is 17.8 Å². The fraction of sp³-hybridized carbons (Fsp3) is 0.0909. The quantitative estimate of drug-likeness (QED) is 0.382. The van der Waals surface area contributed by atoms with E-state index in [1.807, 2.05) is 37.3 Å². The van der Waals surface area contributed by atoms with Crippen LogP contribution in [0.1, 0.15) is 20.9 Å². The number of thiazole rings is 2. The Bertz CT molecular complexity index is 1220. The van der Waals surface area contributed by atoms with Crippen LogP contribution in [0.2, 0.25) is 5.02 Å². The summed E-state index contributed by atoms with van der Waals surface area (Å²) >= 11 is 8.64. The first-order valence-electron chi connectivity index (χ1n) is 9.32. The maximum Gasteiger partial charge on any atom is 0.257 e. The van der Waals surface area contributed by atoms with Crippen LogP contribution in [0.25, 0.3) is 11.3 Å². The molecule has 0 bridgehead atoms. The van der Waals surface area contributed by atoms with Gasteiger partial charge in [-0.25, -0.2) is 9.97 Å². The van der Waals surface area contributed by atoms with Crippen LogP contribution in [0.3, 0.4) is 0 Å². The number of nitrogens with zero attached hydrogens (tertiary/aromatic N) is 2. The minimum Gasteiger partial charge on any atom is -0.302 e. The molecule has 2 heterocycles. The molecule has 0 radical (unpaired) electrons. The lowest BCUT2D eigenvalue weighted by Gasteiger charge is -2.01. The van der Waals surface area contributed by atoms with Gasteiger partial charge >= 0.3 is 0 Å². The summed E-state index contributed by atoms with van der Waals surface area (Å²) in [5.74, 6) is -0.457. The molecule has 0 saturated carbocycles. The van der Waals surface area contributed by atoms with Crippen LogP contribution in [-0.4, -0.2) is 21.8 Å². The van der Waals surface area contributed by atoms with E-state index in [-0.39, 0.29) is 18.2 Å². The van der Waals surface area contributed by atoms with E-state index in [4.69, 9.17) is 11.6 Å². The molecule has 2 aromatic carbocycles. The number of carbonyl (C=O) groups is 2. The highest BCUT2D eigenvalue weighted by atomic mass is 35.5. The maximum atomic E-state index is 12.5. The first-order valence-corrected chi connectivity index (χ1v) is 11.4. The van der Waals surface area contributed by atoms with Crippen LogP contribution < -0.4 is 10.6 Å². The molecule has 4 aromatic rings. The van der Waals surface area contributed by atoms with Gasteiger partial charge in [0, 0.05) is 26.4 Å². The predicted octanol–water partition coefficient (Wildman–Crippen LogP) is 5.66. The number of carbonyl (C=O) groups excluding carboxylic acids is 2. The van der Waals surface area contributed by atoms with Crippen LogP contribution in [-0.2, 0) is 11.2 Å². The van der Waals surface area contributed by atoms with E-state index >= 15 is 0 Å². The lowest BCUT2D eigenvalue weighted by atomic mass is 10.1. The minimum absolute atomic E-state index is 0.0899. The van der Waals surface area contributed by atoms with E-state index in [1.54, 1.807) is 29.6 Å². The van der Waals surface area contributed by atoms with Crippen molar-refractivity contribution in [1.82, 2.24) is 9.97 Å². The van der Waals surface area contributed by atoms with Crippen molar-refractivity contribution in [2.24, 2.45) is 0 Å². The highest BCUT2D eigenvalue weighted by Crippen LogP contribution is 2.31. The van der Waals surface area contributed by atoms with Gasteiger partial charge in [0.1, 0.15) is 0 Å². The Kier molecular flexibility index (Phi) is 6.41. The zero-order valence-electron chi connectivity index (χ0n) is 16.4. The molecule has 2 amide bonds. The number of aromatic nitrogens is 2. The monoisotopic (exact) mass is 468 g/mol. The molecule has 0 atom stereocenters. The number of rotatable bonds is 6. The predicted molar refractivity (Wildman–Crippen MR) is 126 cm³/mol. The molecule has 0 aliphatic heterocycles. The number of halogens is 1. The molecule has 6 nitrogen and oxygen atoms in total. The summed E-state index contributed by atoms with van der Waals surface area (Å²) in [6.07, 6.45) is 0.0899. The standard InChI is InChI=1S/C22H17ClN4O2S2/c1-13-19(14-7-9-16(23)10-8-14)26-22(31-13)25-18(28)11-17-12-30-21(24-17)27-20(29)15-5-3-2-4-6-15/h2-10,12H,11H2,1H3,(H,24,27,29)(H,25,26,28). The number of aryl methyl sites for hydroxylation is 1. The number of hydrogen-bond acceptors (Lipinski definition) is 6. The Balaban J connectivity index is 1.37. The van der Waals surface area contributed by atoms with Crippen molar-refractivity contribution in [1.29, 1.82) is 0 Å². The molecule has 0 saturated heterocycles. The summed E-state index contributed by atoms with van der Waals surface area (Å²) in [4.78, 5) is 34.5. The van der Waals surface area contributed by atoms with E-state index in [2.05, 4.69) is 20.6 Å². The van der Waals surface area contributed by atoms with Crippen LogP contribution in [0.4, 0.5) is 10.3 Å². The number of hydrogen-bond donors (Lipinski definition) is 2. The summed E-state index contributed by atoms with van der Waals surface area (Å²) in [7, 11) is 0. The van der Waals surface area contributed by atoms with Gasteiger partial charge < -0.3 is 5.32 Å². The van der Waals surface area contributed by atoms with Gasteiger partial charge in [-0.05, 0) is 31.2 Å². The molecule has 9 heteroatoms. The average Bonchev–Trinajstić information content (AvgIpc) is 3.35. The number of benzene rings is 2. The van der Waals surface area contributed by atoms with Crippen molar-refractivity contribution >= 4 is 56.4 Å². The van der Waals surface area contributed by atoms with Crippen LogP contribution in [0, 0.1) is 6.92 Å². The molecular formula is C22H17ClN4O2S2. The summed E-state index contributed by atoms with van der Waals surface area (Å²) in [6, 6.07) is 16.3. The Labute approximate surface area is 192 Å². The van der Waals surface area contributed by atoms with Gasteiger partial charge in [0.2, 0.25) is 5.91 Å². The SMILES string of the molecule is Cc1sc(NC(=O)Cc2csc(NC(=O)c3ccccc3)n2)nc1-c1ccc(Cl)cc1. The molecular weight excluding hydrogens is 452 g/mol. The maximum absolute atomic E-state index is 12.5. The van der Waals surface area contributed by atoms with Gasteiger partial charge in [0.25, 0.3) is 5.91 Å². The molecule has 0 spiro atoms. The molecule has 31 heavy (non-hydrogen) atoms. The van der Waals surface area contributed by atoms with E-state index in [9.17, 15) is 9.59 Å². The van der Waals surface area contributed by atoms with Crippen LogP contribution in [0.15, 0.2) is 60.0 Å². The molecule has 0 aliphatic carbocycles. The molecule has 0 aliphatic rings. The second kappa shape index (κ2) is 9.38. The summed E-state index contributed by atoms with van der Waals surface area (Å²) < 4.78 is 0. The zero-order valence-corrected chi connectivity index (χ0v) is 18.8. The fourth-order valence-electron chi connectivity index (χ4n) is 2.86. The second-order valence-corrected chi connectivity index (χ2v) is 9.12. The molecule has 156 valence electrons. The van der Waals surface area contributed by atoms with Crippen molar-refractivity contribution in [3.63, 3.8) is 0 Å². The Morgan fingerprint density at radius 1 is 0.968 bits per heavy atom. The lowest BCUT2D eigenvalue weighted by molar-refractivity contribution is -0.115. The third kappa shape index (κ3) is 5.35. The minimum atomic E-state index is -0.237. The highest BCUT2D eigenvalue weighted by molar-refractivity contribution is 7.16. The van der Waals surface area contributed by atoms with Crippen molar-refractivity contribution in [2.75, 3.05) is 10.6 Å².